The third kappa shape index (κ3) is 3.65. The van der Waals surface area contributed by atoms with Gasteiger partial charge < -0.3 is 25.4 Å². The van der Waals surface area contributed by atoms with E-state index in [4.69, 9.17) is 10.5 Å². The quantitative estimate of drug-likeness (QED) is 0.846. The van der Waals surface area contributed by atoms with E-state index in [1.807, 2.05) is 18.7 Å². The number of amides is 1. The molecule has 0 radical (unpaired) electrons. The molecule has 1 aromatic rings. The van der Waals surface area contributed by atoms with Gasteiger partial charge in [-0.15, -0.1) is 0 Å². The molecule has 1 aliphatic rings. The highest BCUT2D eigenvalue weighted by atomic mass is 16.5. The monoisotopic (exact) mass is 295 g/mol. The van der Waals surface area contributed by atoms with E-state index in [2.05, 4.69) is 20.0 Å². The zero-order valence-electron chi connectivity index (χ0n) is 12.5. The van der Waals surface area contributed by atoms with Crippen LogP contribution in [0, 0.1) is 0 Å². The second-order valence-corrected chi connectivity index (χ2v) is 5.15. The zero-order valence-corrected chi connectivity index (χ0v) is 12.5. The molecule has 1 amide bonds. The summed E-state index contributed by atoms with van der Waals surface area (Å²) in [5.41, 5.74) is 6.50. The van der Waals surface area contributed by atoms with E-state index in [9.17, 15) is 4.79 Å². The lowest BCUT2D eigenvalue weighted by Gasteiger charge is -2.20. The number of hydrogen-bond acceptors (Lipinski definition) is 7. The minimum atomic E-state index is -0.429. The van der Waals surface area contributed by atoms with Crippen LogP contribution in [-0.2, 0) is 4.74 Å². The SMILES string of the molecule is COC(=O)NC1CCN(c2ncnc(OC(C)C)c2N)C1. The molecule has 21 heavy (non-hydrogen) atoms. The van der Waals surface area contributed by atoms with E-state index in [-0.39, 0.29) is 12.1 Å². The molecule has 1 aromatic heterocycles. The lowest BCUT2D eigenvalue weighted by molar-refractivity contribution is 0.167. The van der Waals surface area contributed by atoms with Crippen molar-refractivity contribution in [2.24, 2.45) is 0 Å². The standard InChI is InChI=1S/C13H21N5O3/c1-8(2)21-12-10(14)11(15-7-16-12)18-5-4-9(6-18)17-13(19)20-3/h7-9H,4-6,14H2,1-3H3,(H,17,19). The Bertz CT molecular complexity index is 509. The molecule has 1 fully saturated rings. The molecule has 1 saturated heterocycles. The maximum Gasteiger partial charge on any atom is 0.407 e. The lowest BCUT2D eigenvalue weighted by Crippen LogP contribution is -2.37. The Kier molecular flexibility index (Phi) is 4.66. The smallest absolute Gasteiger partial charge is 0.407 e. The summed E-state index contributed by atoms with van der Waals surface area (Å²) in [5.74, 6) is 1.02. The number of nitrogens with zero attached hydrogens (tertiary/aromatic N) is 3. The average molecular weight is 295 g/mol. The Labute approximate surface area is 123 Å². The fraction of sp³-hybridized carbons (Fsp3) is 0.615. The summed E-state index contributed by atoms with van der Waals surface area (Å²) in [6.07, 6.45) is 1.80. The van der Waals surface area contributed by atoms with Gasteiger partial charge in [-0.05, 0) is 20.3 Å². The predicted octanol–water partition coefficient (Wildman–Crippen LogP) is 0.781. The van der Waals surface area contributed by atoms with Crippen molar-refractivity contribution in [3.05, 3.63) is 6.33 Å². The number of aromatic nitrogens is 2. The third-order valence-electron chi connectivity index (χ3n) is 3.17. The third-order valence-corrected chi connectivity index (χ3v) is 3.17. The summed E-state index contributed by atoms with van der Waals surface area (Å²) in [6, 6.07) is 0.0151. The van der Waals surface area contributed by atoms with Crippen LogP contribution in [0.1, 0.15) is 20.3 Å². The number of nitrogens with one attached hydrogen (secondary N) is 1. The highest BCUT2D eigenvalue weighted by Crippen LogP contribution is 2.30. The molecule has 0 aliphatic carbocycles. The first-order valence-electron chi connectivity index (χ1n) is 6.87. The number of methoxy groups -OCH3 is 1. The van der Waals surface area contributed by atoms with Crippen molar-refractivity contribution in [3.8, 4) is 5.88 Å². The highest BCUT2D eigenvalue weighted by molar-refractivity contribution is 5.69. The van der Waals surface area contributed by atoms with Crippen LogP contribution in [0.2, 0.25) is 0 Å². The first-order chi connectivity index (χ1) is 10.0. The highest BCUT2D eigenvalue weighted by Gasteiger charge is 2.27. The van der Waals surface area contributed by atoms with Gasteiger partial charge >= 0.3 is 6.09 Å². The maximum absolute atomic E-state index is 11.2. The minimum absolute atomic E-state index is 0.0117. The Hall–Kier alpha value is -2.25. The Morgan fingerprint density at radius 1 is 1.52 bits per heavy atom. The van der Waals surface area contributed by atoms with Crippen molar-refractivity contribution in [1.82, 2.24) is 15.3 Å². The lowest BCUT2D eigenvalue weighted by atomic mass is 10.3. The number of hydrogen-bond donors (Lipinski definition) is 2. The topological polar surface area (TPSA) is 103 Å². The predicted molar refractivity (Wildman–Crippen MR) is 78.4 cm³/mol. The van der Waals surface area contributed by atoms with Crippen LogP contribution in [-0.4, -0.2) is 48.4 Å². The van der Waals surface area contributed by atoms with E-state index in [0.29, 0.717) is 23.9 Å². The first-order valence-corrected chi connectivity index (χ1v) is 6.87. The van der Waals surface area contributed by atoms with Crippen LogP contribution in [0.15, 0.2) is 6.33 Å². The number of rotatable bonds is 4. The Morgan fingerprint density at radius 3 is 2.95 bits per heavy atom. The number of alkyl carbamates (subject to hydrolysis) is 1. The second-order valence-electron chi connectivity index (χ2n) is 5.15. The molecule has 8 heteroatoms. The Balaban J connectivity index is 2.07. The van der Waals surface area contributed by atoms with Gasteiger partial charge in [-0.1, -0.05) is 0 Å². The van der Waals surface area contributed by atoms with Gasteiger partial charge in [-0.2, -0.15) is 4.98 Å². The molecule has 0 spiro atoms. The number of anilines is 2. The van der Waals surface area contributed by atoms with Gasteiger partial charge in [0.2, 0.25) is 5.88 Å². The fourth-order valence-corrected chi connectivity index (χ4v) is 2.24. The zero-order chi connectivity index (χ0) is 15.4. The van der Waals surface area contributed by atoms with Crippen molar-refractivity contribution in [1.29, 1.82) is 0 Å². The normalized spacial score (nSPS) is 17.9. The van der Waals surface area contributed by atoms with Gasteiger partial charge in [0.05, 0.1) is 19.3 Å². The molecule has 2 heterocycles. The molecule has 1 aliphatic heterocycles. The number of carbonyl (C=O) groups excluding carboxylic acids is 1. The number of nitrogens with two attached hydrogens (primary N) is 1. The van der Waals surface area contributed by atoms with Crippen LogP contribution in [0.5, 0.6) is 5.88 Å². The van der Waals surface area contributed by atoms with Crippen LogP contribution < -0.4 is 20.7 Å². The molecule has 0 saturated carbocycles. The van der Waals surface area contributed by atoms with Gasteiger partial charge in [-0.3, -0.25) is 0 Å². The van der Waals surface area contributed by atoms with Crippen molar-refractivity contribution in [3.63, 3.8) is 0 Å². The molecule has 2 rings (SSSR count). The van der Waals surface area contributed by atoms with Gasteiger partial charge in [0.15, 0.2) is 5.82 Å². The van der Waals surface area contributed by atoms with Crippen molar-refractivity contribution in [2.45, 2.75) is 32.4 Å². The molecular weight excluding hydrogens is 274 g/mol. The minimum Gasteiger partial charge on any atom is -0.473 e. The summed E-state index contributed by atoms with van der Waals surface area (Å²) in [5, 5.41) is 2.78. The molecule has 0 bridgehead atoms. The van der Waals surface area contributed by atoms with E-state index >= 15 is 0 Å². The van der Waals surface area contributed by atoms with Crippen LogP contribution >= 0.6 is 0 Å². The molecule has 1 atom stereocenters. The van der Waals surface area contributed by atoms with Crippen molar-refractivity contribution < 1.29 is 14.3 Å². The van der Waals surface area contributed by atoms with Gasteiger partial charge in [0, 0.05) is 13.1 Å². The molecule has 0 aromatic carbocycles. The fourth-order valence-electron chi connectivity index (χ4n) is 2.24. The van der Waals surface area contributed by atoms with Gasteiger partial charge in [-0.25, -0.2) is 9.78 Å². The van der Waals surface area contributed by atoms with E-state index < -0.39 is 6.09 Å². The van der Waals surface area contributed by atoms with E-state index in [0.717, 1.165) is 13.0 Å². The van der Waals surface area contributed by atoms with Gasteiger partial charge in [0.1, 0.15) is 12.0 Å². The molecule has 116 valence electrons. The van der Waals surface area contributed by atoms with E-state index in [1.54, 1.807) is 0 Å². The maximum atomic E-state index is 11.2. The largest absolute Gasteiger partial charge is 0.473 e. The summed E-state index contributed by atoms with van der Waals surface area (Å²) in [6.45, 7) is 5.19. The average Bonchev–Trinajstić information content (AvgIpc) is 2.88. The van der Waals surface area contributed by atoms with Crippen molar-refractivity contribution >= 4 is 17.6 Å². The van der Waals surface area contributed by atoms with Crippen LogP contribution in [0.3, 0.4) is 0 Å². The summed E-state index contributed by atoms with van der Waals surface area (Å²) >= 11 is 0. The van der Waals surface area contributed by atoms with Crippen LogP contribution in [0.25, 0.3) is 0 Å². The summed E-state index contributed by atoms with van der Waals surface area (Å²) in [7, 11) is 1.35. The molecular formula is C13H21N5O3. The first kappa shape index (κ1) is 15.1. The number of ether oxygens (including phenoxy) is 2. The molecule has 1 unspecified atom stereocenters. The Morgan fingerprint density at radius 2 is 2.29 bits per heavy atom. The summed E-state index contributed by atoms with van der Waals surface area (Å²) in [4.78, 5) is 21.5. The van der Waals surface area contributed by atoms with Gasteiger partial charge in [0.25, 0.3) is 0 Å². The number of nitrogen functional groups attached to an aromatic ring is 1. The summed E-state index contributed by atoms with van der Waals surface area (Å²) < 4.78 is 10.2. The van der Waals surface area contributed by atoms with E-state index in [1.165, 1.54) is 13.4 Å². The number of carbonyl (C=O) groups is 1. The second kappa shape index (κ2) is 6.47. The van der Waals surface area contributed by atoms with Crippen LogP contribution in [0.4, 0.5) is 16.3 Å². The molecule has 8 nitrogen and oxygen atoms in total. The molecule has 3 N–H and O–H groups in total. The van der Waals surface area contributed by atoms with Crippen molar-refractivity contribution in [2.75, 3.05) is 30.8 Å².